The molecular weight excluding hydrogens is 318 g/mol. The van der Waals surface area contributed by atoms with Crippen LogP contribution in [0.5, 0.6) is 5.75 Å². The number of pyridine rings is 2. The number of hydrogen-bond donors (Lipinski definition) is 1. The number of nitrogens with zero attached hydrogens (tertiary/aromatic N) is 2. The summed E-state index contributed by atoms with van der Waals surface area (Å²) in [6, 6.07) is 6.47. The molecule has 0 aliphatic heterocycles. The molecule has 0 radical (unpaired) electrons. The number of aryl methyl sites for hydroxylation is 1. The summed E-state index contributed by atoms with van der Waals surface area (Å²) in [5.74, 6) is 1.22. The van der Waals surface area contributed by atoms with Crippen molar-refractivity contribution in [3.63, 3.8) is 0 Å². The van der Waals surface area contributed by atoms with E-state index in [2.05, 4.69) is 10.3 Å². The standard InChI is InChI=1S/C19H23N3O3/c1-22-12-15(9-10-17(22)23)19(24)21-18-16(8-5-11-20-18)25-13-14-6-3-2-4-7-14/h5,8-12,14H,2-4,6-7,13H2,1H3,(H,20,21,24). The van der Waals surface area contributed by atoms with E-state index in [1.54, 1.807) is 19.3 Å². The van der Waals surface area contributed by atoms with Gasteiger partial charge in [-0.25, -0.2) is 4.98 Å². The second-order valence-electron chi connectivity index (χ2n) is 6.49. The van der Waals surface area contributed by atoms with E-state index in [0.29, 0.717) is 29.7 Å². The van der Waals surface area contributed by atoms with E-state index in [0.717, 1.165) is 0 Å². The first-order valence-corrected chi connectivity index (χ1v) is 8.69. The number of aromatic nitrogens is 2. The van der Waals surface area contributed by atoms with Crippen LogP contribution >= 0.6 is 0 Å². The lowest BCUT2D eigenvalue weighted by Gasteiger charge is -2.22. The predicted octanol–water partition coefficient (Wildman–Crippen LogP) is 2.99. The van der Waals surface area contributed by atoms with Crippen LogP contribution in [0.3, 0.4) is 0 Å². The zero-order valence-electron chi connectivity index (χ0n) is 14.4. The highest BCUT2D eigenvalue weighted by Crippen LogP contribution is 2.27. The first-order valence-electron chi connectivity index (χ1n) is 8.69. The summed E-state index contributed by atoms with van der Waals surface area (Å²) >= 11 is 0. The highest BCUT2D eigenvalue weighted by molar-refractivity contribution is 6.04. The van der Waals surface area contributed by atoms with Gasteiger partial charge in [-0.15, -0.1) is 0 Å². The number of rotatable bonds is 5. The molecule has 0 atom stereocenters. The fraction of sp³-hybridized carbons (Fsp3) is 0.421. The van der Waals surface area contributed by atoms with Gasteiger partial charge in [-0.05, 0) is 37.0 Å². The Balaban J connectivity index is 1.68. The van der Waals surface area contributed by atoms with Crippen LogP contribution in [0, 0.1) is 5.92 Å². The molecule has 0 aromatic carbocycles. The van der Waals surface area contributed by atoms with Gasteiger partial charge in [0.1, 0.15) is 0 Å². The number of hydrogen-bond acceptors (Lipinski definition) is 4. The Labute approximate surface area is 146 Å². The predicted molar refractivity (Wildman–Crippen MR) is 95.9 cm³/mol. The molecule has 6 heteroatoms. The number of anilines is 1. The monoisotopic (exact) mass is 341 g/mol. The van der Waals surface area contributed by atoms with Gasteiger partial charge >= 0.3 is 0 Å². The van der Waals surface area contributed by atoms with Crippen molar-refractivity contribution in [2.75, 3.05) is 11.9 Å². The lowest BCUT2D eigenvalue weighted by Crippen LogP contribution is -2.20. The normalized spacial score (nSPS) is 14.9. The van der Waals surface area contributed by atoms with Gasteiger partial charge in [0, 0.05) is 25.5 Å². The van der Waals surface area contributed by atoms with Crippen molar-refractivity contribution in [3.8, 4) is 5.75 Å². The van der Waals surface area contributed by atoms with Gasteiger partial charge in [-0.1, -0.05) is 19.3 Å². The number of ether oxygens (including phenoxy) is 1. The third-order valence-electron chi connectivity index (χ3n) is 4.55. The molecule has 2 aromatic rings. The van der Waals surface area contributed by atoms with Crippen LogP contribution in [0.15, 0.2) is 41.5 Å². The summed E-state index contributed by atoms with van der Waals surface area (Å²) < 4.78 is 7.29. The summed E-state index contributed by atoms with van der Waals surface area (Å²) in [7, 11) is 1.61. The maximum atomic E-state index is 12.4. The van der Waals surface area contributed by atoms with Gasteiger partial charge in [0.25, 0.3) is 5.91 Å². The van der Waals surface area contributed by atoms with E-state index in [9.17, 15) is 9.59 Å². The van der Waals surface area contributed by atoms with Crippen molar-refractivity contribution in [1.29, 1.82) is 0 Å². The van der Waals surface area contributed by atoms with Crippen LogP contribution in [0.25, 0.3) is 0 Å². The third-order valence-corrected chi connectivity index (χ3v) is 4.55. The Kier molecular flexibility index (Phi) is 5.48. The number of nitrogens with one attached hydrogen (secondary N) is 1. The Morgan fingerprint density at radius 1 is 1.28 bits per heavy atom. The van der Waals surface area contributed by atoms with Crippen LogP contribution in [-0.4, -0.2) is 22.1 Å². The summed E-state index contributed by atoms with van der Waals surface area (Å²) in [5, 5.41) is 2.77. The molecule has 1 fully saturated rings. The van der Waals surface area contributed by atoms with Crippen molar-refractivity contribution in [2.24, 2.45) is 13.0 Å². The summed E-state index contributed by atoms with van der Waals surface area (Å²) in [4.78, 5) is 28.1. The van der Waals surface area contributed by atoms with Crippen LogP contribution in [0.1, 0.15) is 42.5 Å². The van der Waals surface area contributed by atoms with E-state index < -0.39 is 0 Å². The Morgan fingerprint density at radius 2 is 2.08 bits per heavy atom. The first-order chi connectivity index (χ1) is 12.1. The lowest BCUT2D eigenvalue weighted by atomic mass is 9.90. The van der Waals surface area contributed by atoms with Gasteiger partial charge in [0.05, 0.1) is 12.2 Å². The van der Waals surface area contributed by atoms with Gasteiger partial charge in [0.15, 0.2) is 11.6 Å². The summed E-state index contributed by atoms with van der Waals surface area (Å²) in [6.07, 6.45) is 9.34. The quantitative estimate of drug-likeness (QED) is 0.907. The molecular formula is C19H23N3O3. The highest BCUT2D eigenvalue weighted by Gasteiger charge is 2.16. The maximum Gasteiger partial charge on any atom is 0.258 e. The van der Waals surface area contributed by atoms with E-state index in [1.165, 1.54) is 55.0 Å². The zero-order valence-corrected chi connectivity index (χ0v) is 14.4. The zero-order chi connectivity index (χ0) is 17.6. The molecule has 1 N–H and O–H groups in total. The van der Waals surface area contributed by atoms with Crippen molar-refractivity contribution < 1.29 is 9.53 Å². The number of carbonyl (C=O) groups excluding carboxylic acids is 1. The van der Waals surface area contributed by atoms with Crippen molar-refractivity contribution in [3.05, 3.63) is 52.6 Å². The molecule has 1 aliphatic carbocycles. The van der Waals surface area contributed by atoms with Crippen LogP contribution in [0.2, 0.25) is 0 Å². The van der Waals surface area contributed by atoms with E-state index in [4.69, 9.17) is 4.74 Å². The molecule has 0 unspecified atom stereocenters. The molecule has 25 heavy (non-hydrogen) atoms. The fourth-order valence-electron chi connectivity index (χ4n) is 3.07. The molecule has 1 amide bonds. The summed E-state index contributed by atoms with van der Waals surface area (Å²) in [5.41, 5.74) is 0.233. The Morgan fingerprint density at radius 3 is 2.84 bits per heavy atom. The molecule has 0 saturated heterocycles. The van der Waals surface area contributed by atoms with Crippen LogP contribution in [-0.2, 0) is 7.05 Å². The van der Waals surface area contributed by atoms with Crippen LogP contribution < -0.4 is 15.6 Å². The van der Waals surface area contributed by atoms with Crippen molar-refractivity contribution >= 4 is 11.7 Å². The largest absolute Gasteiger partial charge is 0.489 e. The molecule has 2 heterocycles. The average Bonchev–Trinajstić information content (AvgIpc) is 2.64. The Bertz CT molecular complexity index is 794. The average molecular weight is 341 g/mol. The molecule has 2 aromatic heterocycles. The van der Waals surface area contributed by atoms with Crippen LogP contribution in [0.4, 0.5) is 5.82 Å². The first kappa shape index (κ1) is 17.2. The van der Waals surface area contributed by atoms with Crippen molar-refractivity contribution in [1.82, 2.24) is 9.55 Å². The number of amides is 1. The van der Waals surface area contributed by atoms with E-state index in [-0.39, 0.29) is 11.5 Å². The number of carbonyl (C=O) groups is 1. The van der Waals surface area contributed by atoms with Crippen molar-refractivity contribution in [2.45, 2.75) is 32.1 Å². The second kappa shape index (κ2) is 7.96. The van der Waals surface area contributed by atoms with E-state index in [1.807, 2.05) is 6.07 Å². The summed E-state index contributed by atoms with van der Waals surface area (Å²) in [6.45, 7) is 0.647. The van der Waals surface area contributed by atoms with Gasteiger partial charge in [-0.3, -0.25) is 9.59 Å². The molecule has 1 saturated carbocycles. The molecule has 3 rings (SSSR count). The SMILES string of the molecule is Cn1cc(C(=O)Nc2ncccc2OCC2CCCCC2)ccc1=O. The minimum absolute atomic E-state index is 0.161. The lowest BCUT2D eigenvalue weighted by molar-refractivity contribution is 0.102. The Hall–Kier alpha value is -2.63. The maximum absolute atomic E-state index is 12.4. The molecule has 0 bridgehead atoms. The van der Waals surface area contributed by atoms with E-state index >= 15 is 0 Å². The van der Waals surface area contributed by atoms with Gasteiger partial charge in [0.2, 0.25) is 5.56 Å². The smallest absolute Gasteiger partial charge is 0.258 e. The minimum atomic E-state index is -0.322. The highest BCUT2D eigenvalue weighted by atomic mass is 16.5. The molecule has 0 spiro atoms. The fourth-order valence-corrected chi connectivity index (χ4v) is 3.07. The second-order valence-corrected chi connectivity index (χ2v) is 6.49. The van der Waals surface area contributed by atoms with Gasteiger partial charge in [-0.2, -0.15) is 0 Å². The molecule has 1 aliphatic rings. The van der Waals surface area contributed by atoms with Gasteiger partial charge < -0.3 is 14.6 Å². The third kappa shape index (κ3) is 4.47. The topological polar surface area (TPSA) is 73.2 Å². The minimum Gasteiger partial charge on any atom is -0.489 e. The molecule has 132 valence electrons. The molecule has 6 nitrogen and oxygen atoms in total.